The van der Waals surface area contributed by atoms with Crippen LogP contribution in [0.15, 0.2) is 18.2 Å². The highest BCUT2D eigenvalue weighted by molar-refractivity contribution is 5.37. The smallest absolute Gasteiger partial charge is 0.123 e. The van der Waals surface area contributed by atoms with Crippen LogP contribution in [0.4, 0.5) is 4.39 Å². The molecule has 112 valence electrons. The number of hydrogen-bond donors (Lipinski definition) is 1. The van der Waals surface area contributed by atoms with Crippen LogP contribution in [0.3, 0.4) is 0 Å². The average Bonchev–Trinajstić information content (AvgIpc) is 2.49. The van der Waals surface area contributed by atoms with Gasteiger partial charge >= 0.3 is 0 Å². The monoisotopic (exact) mass is 279 g/mol. The quantitative estimate of drug-likeness (QED) is 0.830. The van der Waals surface area contributed by atoms with Gasteiger partial charge in [0.25, 0.3) is 0 Å². The minimum atomic E-state index is -0.181. The highest BCUT2D eigenvalue weighted by atomic mass is 19.1. The molecule has 1 aliphatic carbocycles. The first-order valence-corrected chi connectivity index (χ1v) is 7.83. The molecule has 0 spiro atoms. The first kappa shape index (κ1) is 15.3. The molecular weight excluding hydrogens is 253 g/mol. The SMILES string of the molecule is CCCNC(c1cc(F)ccc1OC)C1CCCCC1. The van der Waals surface area contributed by atoms with E-state index in [0.29, 0.717) is 5.92 Å². The van der Waals surface area contributed by atoms with Crippen molar-refractivity contribution in [3.8, 4) is 5.75 Å². The lowest BCUT2D eigenvalue weighted by Gasteiger charge is -2.32. The van der Waals surface area contributed by atoms with Crippen LogP contribution in [0.5, 0.6) is 5.75 Å². The van der Waals surface area contributed by atoms with Crippen molar-refractivity contribution in [1.82, 2.24) is 5.32 Å². The predicted molar refractivity (Wildman–Crippen MR) is 80.6 cm³/mol. The Hall–Kier alpha value is -1.09. The van der Waals surface area contributed by atoms with Gasteiger partial charge in [-0.05, 0) is 49.9 Å². The second-order valence-corrected chi connectivity index (χ2v) is 5.72. The summed E-state index contributed by atoms with van der Waals surface area (Å²) in [4.78, 5) is 0. The summed E-state index contributed by atoms with van der Waals surface area (Å²) in [5.41, 5.74) is 0.979. The highest BCUT2D eigenvalue weighted by Gasteiger charge is 2.27. The molecule has 0 radical (unpaired) electrons. The summed E-state index contributed by atoms with van der Waals surface area (Å²) in [6, 6.07) is 5.07. The molecule has 0 bridgehead atoms. The van der Waals surface area contributed by atoms with Gasteiger partial charge in [-0.1, -0.05) is 26.2 Å². The number of rotatable bonds is 6. The summed E-state index contributed by atoms with van der Waals surface area (Å²) in [5, 5.41) is 3.61. The van der Waals surface area contributed by atoms with E-state index < -0.39 is 0 Å². The van der Waals surface area contributed by atoms with Gasteiger partial charge in [-0.15, -0.1) is 0 Å². The van der Waals surface area contributed by atoms with Crippen LogP contribution in [-0.2, 0) is 0 Å². The summed E-state index contributed by atoms with van der Waals surface area (Å²) in [6.45, 7) is 3.12. The molecule has 1 aromatic rings. The Bertz CT molecular complexity index is 415. The molecule has 1 unspecified atom stereocenters. The Morgan fingerprint density at radius 1 is 1.30 bits per heavy atom. The minimum Gasteiger partial charge on any atom is -0.496 e. The molecule has 1 aliphatic rings. The van der Waals surface area contributed by atoms with Crippen LogP contribution in [0.1, 0.15) is 57.1 Å². The fourth-order valence-corrected chi connectivity index (χ4v) is 3.25. The van der Waals surface area contributed by atoms with Crippen molar-refractivity contribution >= 4 is 0 Å². The molecule has 0 aliphatic heterocycles. The summed E-state index contributed by atoms with van der Waals surface area (Å²) >= 11 is 0. The normalized spacial score (nSPS) is 17.9. The van der Waals surface area contributed by atoms with Gasteiger partial charge in [-0.3, -0.25) is 0 Å². The van der Waals surface area contributed by atoms with Crippen LogP contribution in [0.2, 0.25) is 0 Å². The molecule has 0 aromatic heterocycles. The largest absolute Gasteiger partial charge is 0.496 e. The minimum absolute atomic E-state index is 0.181. The van der Waals surface area contributed by atoms with Gasteiger partial charge in [-0.2, -0.15) is 0 Å². The predicted octanol–water partition coefficient (Wildman–Crippen LogP) is 4.46. The van der Waals surface area contributed by atoms with E-state index in [2.05, 4.69) is 12.2 Å². The summed E-state index contributed by atoms with van der Waals surface area (Å²) in [7, 11) is 1.66. The Labute approximate surface area is 121 Å². The number of benzene rings is 1. The zero-order valence-electron chi connectivity index (χ0n) is 12.6. The van der Waals surface area contributed by atoms with Crippen molar-refractivity contribution in [2.24, 2.45) is 5.92 Å². The van der Waals surface area contributed by atoms with Gasteiger partial charge in [0.1, 0.15) is 11.6 Å². The van der Waals surface area contributed by atoms with Crippen molar-refractivity contribution in [2.45, 2.75) is 51.5 Å². The van der Waals surface area contributed by atoms with E-state index >= 15 is 0 Å². The van der Waals surface area contributed by atoms with Gasteiger partial charge in [0, 0.05) is 11.6 Å². The average molecular weight is 279 g/mol. The van der Waals surface area contributed by atoms with Gasteiger partial charge in [0.05, 0.1) is 7.11 Å². The molecule has 0 saturated heterocycles. The fourth-order valence-electron chi connectivity index (χ4n) is 3.25. The molecule has 0 amide bonds. The molecule has 1 N–H and O–H groups in total. The van der Waals surface area contributed by atoms with Crippen LogP contribution in [0, 0.1) is 11.7 Å². The summed E-state index contributed by atoms with van der Waals surface area (Å²) in [6.07, 6.45) is 7.43. The molecule has 20 heavy (non-hydrogen) atoms. The highest BCUT2D eigenvalue weighted by Crippen LogP contribution is 2.38. The van der Waals surface area contributed by atoms with Gasteiger partial charge in [0.2, 0.25) is 0 Å². The molecule has 0 heterocycles. The molecule has 1 atom stereocenters. The van der Waals surface area contributed by atoms with Crippen molar-refractivity contribution in [3.05, 3.63) is 29.6 Å². The number of ether oxygens (including phenoxy) is 1. The molecule has 1 saturated carbocycles. The van der Waals surface area contributed by atoms with Crippen molar-refractivity contribution in [3.63, 3.8) is 0 Å². The van der Waals surface area contributed by atoms with E-state index in [9.17, 15) is 4.39 Å². The van der Waals surface area contributed by atoms with E-state index in [1.165, 1.54) is 38.2 Å². The second kappa shape index (κ2) is 7.63. The number of halogens is 1. The third-order valence-corrected chi connectivity index (χ3v) is 4.26. The Kier molecular flexibility index (Phi) is 5.84. The van der Waals surface area contributed by atoms with Crippen LogP contribution in [0.25, 0.3) is 0 Å². The Morgan fingerprint density at radius 2 is 2.05 bits per heavy atom. The maximum atomic E-state index is 13.6. The number of nitrogens with one attached hydrogen (secondary N) is 1. The Morgan fingerprint density at radius 3 is 2.70 bits per heavy atom. The topological polar surface area (TPSA) is 21.3 Å². The Balaban J connectivity index is 2.26. The van der Waals surface area contributed by atoms with Crippen LogP contribution >= 0.6 is 0 Å². The van der Waals surface area contributed by atoms with E-state index in [1.54, 1.807) is 19.2 Å². The first-order valence-electron chi connectivity index (χ1n) is 7.83. The van der Waals surface area contributed by atoms with Crippen LogP contribution in [-0.4, -0.2) is 13.7 Å². The van der Waals surface area contributed by atoms with Gasteiger partial charge in [0.15, 0.2) is 0 Å². The fraction of sp³-hybridized carbons (Fsp3) is 0.647. The molecule has 1 fully saturated rings. The second-order valence-electron chi connectivity index (χ2n) is 5.72. The number of hydrogen-bond acceptors (Lipinski definition) is 2. The zero-order valence-corrected chi connectivity index (χ0v) is 12.6. The summed E-state index contributed by atoms with van der Waals surface area (Å²) < 4.78 is 19.1. The van der Waals surface area contributed by atoms with Crippen LogP contribution < -0.4 is 10.1 Å². The maximum Gasteiger partial charge on any atom is 0.123 e. The lowest BCUT2D eigenvalue weighted by Crippen LogP contribution is -2.30. The third kappa shape index (κ3) is 3.72. The zero-order chi connectivity index (χ0) is 14.4. The van der Waals surface area contributed by atoms with Crippen molar-refractivity contribution in [1.29, 1.82) is 0 Å². The molecule has 2 nitrogen and oxygen atoms in total. The maximum absolute atomic E-state index is 13.6. The number of methoxy groups -OCH3 is 1. The van der Waals surface area contributed by atoms with E-state index in [4.69, 9.17) is 4.74 Å². The standard InChI is InChI=1S/C17H26FNO/c1-3-11-19-17(13-7-5-4-6-8-13)15-12-14(18)9-10-16(15)20-2/h9-10,12-13,17,19H,3-8,11H2,1-2H3. The summed E-state index contributed by atoms with van der Waals surface area (Å²) in [5.74, 6) is 1.21. The van der Waals surface area contributed by atoms with Gasteiger partial charge < -0.3 is 10.1 Å². The van der Waals surface area contributed by atoms with Crippen molar-refractivity contribution in [2.75, 3.05) is 13.7 Å². The van der Waals surface area contributed by atoms with E-state index in [0.717, 1.165) is 24.3 Å². The lowest BCUT2D eigenvalue weighted by atomic mass is 9.80. The van der Waals surface area contributed by atoms with E-state index in [1.807, 2.05) is 0 Å². The third-order valence-electron chi connectivity index (χ3n) is 4.26. The molecule has 3 heteroatoms. The first-order chi connectivity index (χ1) is 9.76. The molecule has 1 aromatic carbocycles. The lowest BCUT2D eigenvalue weighted by molar-refractivity contribution is 0.265. The van der Waals surface area contributed by atoms with E-state index in [-0.39, 0.29) is 11.9 Å². The molecule has 2 rings (SSSR count). The molecular formula is C17H26FNO. The van der Waals surface area contributed by atoms with Gasteiger partial charge in [-0.25, -0.2) is 4.39 Å². The van der Waals surface area contributed by atoms with Crippen molar-refractivity contribution < 1.29 is 9.13 Å².